The van der Waals surface area contributed by atoms with Crippen molar-refractivity contribution in [1.29, 1.82) is 0 Å². The Labute approximate surface area is 160 Å². The summed E-state index contributed by atoms with van der Waals surface area (Å²) >= 11 is 5.55. The van der Waals surface area contributed by atoms with Gasteiger partial charge in [-0.15, -0.1) is 11.6 Å². The van der Waals surface area contributed by atoms with Crippen molar-refractivity contribution < 1.29 is 27.4 Å². The van der Waals surface area contributed by atoms with Gasteiger partial charge in [-0.1, -0.05) is 12.1 Å². The summed E-state index contributed by atoms with van der Waals surface area (Å²) < 4.78 is 42.0. The third kappa shape index (κ3) is 5.59. The molecule has 1 aromatic carbocycles. The molecule has 0 saturated heterocycles. The Balaban J connectivity index is 2.18. The molecule has 0 bridgehead atoms. The zero-order valence-corrected chi connectivity index (χ0v) is 16.0. The number of hydrogen-bond donors (Lipinski definition) is 2. The minimum Gasteiger partial charge on any atom is -0.491 e. The van der Waals surface area contributed by atoms with Gasteiger partial charge in [0.2, 0.25) is 17.7 Å². The second-order valence-electron chi connectivity index (χ2n) is 4.82. The van der Waals surface area contributed by atoms with E-state index in [2.05, 4.69) is 15.3 Å². The number of nitrogens with zero attached hydrogens (tertiary/aromatic N) is 2. The van der Waals surface area contributed by atoms with Gasteiger partial charge in [0, 0.05) is 0 Å². The van der Waals surface area contributed by atoms with E-state index in [-0.39, 0.29) is 40.8 Å². The van der Waals surface area contributed by atoms with Crippen LogP contribution in [0.25, 0.3) is 0 Å². The predicted octanol–water partition coefficient (Wildman–Crippen LogP) is 1.62. The molecule has 1 aromatic heterocycles. The van der Waals surface area contributed by atoms with Crippen LogP contribution in [0.4, 0.5) is 10.7 Å². The van der Waals surface area contributed by atoms with Crippen molar-refractivity contribution in [2.75, 3.05) is 32.0 Å². The summed E-state index contributed by atoms with van der Waals surface area (Å²) in [6, 6.07) is 6.16. The van der Waals surface area contributed by atoms with Crippen molar-refractivity contribution in [2.45, 2.75) is 4.90 Å². The van der Waals surface area contributed by atoms with E-state index in [1.165, 1.54) is 38.5 Å². The van der Waals surface area contributed by atoms with Gasteiger partial charge in [-0.3, -0.25) is 5.32 Å². The van der Waals surface area contributed by atoms with E-state index in [1.54, 1.807) is 6.07 Å². The van der Waals surface area contributed by atoms with Crippen molar-refractivity contribution in [2.24, 2.45) is 0 Å². The fourth-order valence-electron chi connectivity index (χ4n) is 1.91. The maximum absolute atomic E-state index is 12.5. The molecule has 27 heavy (non-hydrogen) atoms. The van der Waals surface area contributed by atoms with Crippen LogP contribution in [0.5, 0.6) is 17.5 Å². The molecule has 0 aliphatic heterocycles. The first-order valence-electron chi connectivity index (χ1n) is 7.48. The van der Waals surface area contributed by atoms with E-state index in [0.717, 1.165) is 0 Å². The number of hydrogen-bond acceptors (Lipinski definition) is 8. The molecule has 0 atom stereocenters. The molecule has 0 saturated carbocycles. The van der Waals surface area contributed by atoms with Crippen LogP contribution in [0.2, 0.25) is 0 Å². The average Bonchev–Trinajstić information content (AvgIpc) is 2.65. The predicted molar refractivity (Wildman–Crippen MR) is 97.1 cm³/mol. The molecule has 146 valence electrons. The molecule has 12 heteroatoms. The normalized spacial score (nSPS) is 10.8. The van der Waals surface area contributed by atoms with E-state index in [9.17, 15) is 13.2 Å². The number of alkyl halides is 1. The van der Waals surface area contributed by atoms with Crippen molar-refractivity contribution in [3.05, 3.63) is 30.3 Å². The highest BCUT2D eigenvalue weighted by molar-refractivity contribution is 7.90. The molecule has 2 rings (SSSR count). The van der Waals surface area contributed by atoms with E-state index in [1.807, 2.05) is 4.72 Å². The minimum absolute atomic E-state index is 0.0674. The van der Waals surface area contributed by atoms with Gasteiger partial charge in [0.1, 0.15) is 17.3 Å². The number of aromatic nitrogens is 2. The summed E-state index contributed by atoms with van der Waals surface area (Å²) in [6.07, 6.45) is 0. The van der Waals surface area contributed by atoms with E-state index in [4.69, 9.17) is 25.8 Å². The standard InChI is InChI=1S/C15H17ClN4O6S/c1-24-12-9-13(25-2)18-14(17-12)19-15(21)20-27(22,23)11-6-4-3-5-10(11)26-8-7-16/h3-6,9H,7-8H2,1-2H3,(H2,17,18,19,20,21). The molecule has 0 unspecified atom stereocenters. The fraction of sp³-hybridized carbons (Fsp3) is 0.267. The molecule has 10 nitrogen and oxygen atoms in total. The number of carbonyl (C=O) groups is 1. The number of ether oxygens (including phenoxy) is 3. The van der Waals surface area contributed by atoms with Crippen LogP contribution in [-0.4, -0.2) is 51.1 Å². The highest BCUT2D eigenvalue weighted by atomic mass is 35.5. The smallest absolute Gasteiger partial charge is 0.335 e. The van der Waals surface area contributed by atoms with Crippen molar-refractivity contribution in [1.82, 2.24) is 14.7 Å². The number of anilines is 1. The topological polar surface area (TPSA) is 129 Å². The van der Waals surface area contributed by atoms with Crippen LogP contribution in [0, 0.1) is 0 Å². The number of para-hydroxylation sites is 1. The summed E-state index contributed by atoms with van der Waals surface area (Å²) in [5, 5.41) is 2.21. The molecule has 0 aliphatic carbocycles. The maximum atomic E-state index is 12.5. The van der Waals surface area contributed by atoms with Gasteiger partial charge in [-0.05, 0) is 12.1 Å². The van der Waals surface area contributed by atoms with Gasteiger partial charge in [-0.25, -0.2) is 17.9 Å². The Hall–Kier alpha value is -2.79. The Bertz CT molecular complexity index is 887. The first kappa shape index (κ1) is 20.5. The molecule has 0 radical (unpaired) electrons. The lowest BCUT2D eigenvalue weighted by molar-refractivity contribution is 0.256. The van der Waals surface area contributed by atoms with Gasteiger partial charge in [0.25, 0.3) is 10.0 Å². The molecule has 2 N–H and O–H groups in total. The van der Waals surface area contributed by atoms with Crippen LogP contribution in [0.1, 0.15) is 0 Å². The lowest BCUT2D eigenvalue weighted by Gasteiger charge is -2.12. The molecule has 1 heterocycles. The van der Waals surface area contributed by atoms with Crippen LogP contribution >= 0.6 is 11.6 Å². The number of benzene rings is 1. The lowest BCUT2D eigenvalue weighted by Crippen LogP contribution is -2.35. The van der Waals surface area contributed by atoms with Gasteiger partial charge < -0.3 is 14.2 Å². The number of urea groups is 1. The van der Waals surface area contributed by atoms with Crippen LogP contribution in [-0.2, 0) is 10.0 Å². The molecule has 0 fully saturated rings. The van der Waals surface area contributed by atoms with Crippen LogP contribution in [0.3, 0.4) is 0 Å². The number of halogens is 1. The van der Waals surface area contributed by atoms with E-state index in [0.29, 0.717) is 0 Å². The first-order chi connectivity index (χ1) is 12.9. The summed E-state index contributed by atoms with van der Waals surface area (Å²) in [5.74, 6) is 0.292. The zero-order valence-electron chi connectivity index (χ0n) is 14.4. The first-order valence-corrected chi connectivity index (χ1v) is 9.50. The molecule has 2 aromatic rings. The summed E-state index contributed by atoms with van der Waals surface area (Å²) in [4.78, 5) is 19.6. The van der Waals surface area contributed by atoms with Crippen molar-refractivity contribution >= 4 is 33.6 Å². The van der Waals surface area contributed by atoms with Crippen LogP contribution < -0.4 is 24.2 Å². The molecular weight excluding hydrogens is 400 g/mol. The quantitative estimate of drug-likeness (QED) is 0.621. The number of amides is 2. The van der Waals surface area contributed by atoms with Crippen LogP contribution in [0.15, 0.2) is 35.2 Å². The number of nitrogens with one attached hydrogen (secondary N) is 2. The van der Waals surface area contributed by atoms with Gasteiger partial charge in [0.15, 0.2) is 0 Å². The van der Waals surface area contributed by atoms with E-state index < -0.39 is 16.1 Å². The lowest BCUT2D eigenvalue weighted by atomic mass is 10.3. The molecular formula is C15H17ClN4O6S. The third-order valence-electron chi connectivity index (χ3n) is 3.02. The highest BCUT2D eigenvalue weighted by Gasteiger charge is 2.22. The average molecular weight is 417 g/mol. The Kier molecular flexibility index (Phi) is 7.02. The summed E-state index contributed by atoms with van der Waals surface area (Å²) in [5.41, 5.74) is 0. The largest absolute Gasteiger partial charge is 0.491 e. The fourth-order valence-corrected chi connectivity index (χ4v) is 3.04. The second-order valence-corrected chi connectivity index (χ2v) is 6.85. The number of sulfonamides is 1. The minimum atomic E-state index is -4.22. The molecule has 0 spiro atoms. The second kappa shape index (κ2) is 9.24. The number of methoxy groups -OCH3 is 2. The van der Waals surface area contributed by atoms with Gasteiger partial charge in [0.05, 0.1) is 26.2 Å². The number of carbonyl (C=O) groups excluding carboxylic acids is 1. The monoisotopic (exact) mass is 416 g/mol. The Morgan fingerprint density at radius 3 is 2.37 bits per heavy atom. The molecule has 0 aliphatic rings. The zero-order chi connectivity index (χ0) is 19.9. The Morgan fingerprint density at radius 1 is 1.15 bits per heavy atom. The summed E-state index contributed by atoms with van der Waals surface area (Å²) in [6.45, 7) is 0.109. The maximum Gasteiger partial charge on any atom is 0.335 e. The van der Waals surface area contributed by atoms with E-state index >= 15 is 0 Å². The number of rotatable bonds is 8. The summed E-state index contributed by atoms with van der Waals surface area (Å²) in [7, 11) is -1.48. The van der Waals surface area contributed by atoms with Gasteiger partial charge >= 0.3 is 6.03 Å². The molecule has 2 amide bonds. The highest BCUT2D eigenvalue weighted by Crippen LogP contribution is 2.23. The third-order valence-corrected chi connectivity index (χ3v) is 4.55. The van der Waals surface area contributed by atoms with Crippen molar-refractivity contribution in [3.63, 3.8) is 0 Å². The SMILES string of the molecule is COc1cc(OC)nc(NC(=O)NS(=O)(=O)c2ccccc2OCCCl)n1. The van der Waals surface area contributed by atoms with Crippen molar-refractivity contribution in [3.8, 4) is 17.5 Å². The van der Waals surface area contributed by atoms with Gasteiger partial charge in [-0.2, -0.15) is 9.97 Å². The Morgan fingerprint density at radius 2 is 1.78 bits per heavy atom.